The molecule has 0 unspecified atom stereocenters. The summed E-state index contributed by atoms with van der Waals surface area (Å²) < 4.78 is 0. The first-order valence-electron chi connectivity index (χ1n) is 5.41. The van der Waals surface area contributed by atoms with Gasteiger partial charge in [-0.25, -0.2) is 0 Å². The van der Waals surface area contributed by atoms with E-state index in [0.29, 0.717) is 12.5 Å². The van der Waals surface area contributed by atoms with Crippen LogP contribution in [0.3, 0.4) is 0 Å². The van der Waals surface area contributed by atoms with E-state index in [1.165, 1.54) is 31.4 Å². The molecule has 2 N–H and O–H groups in total. The fourth-order valence-electron chi connectivity index (χ4n) is 2.11. The highest BCUT2D eigenvalue weighted by molar-refractivity contribution is 5.09. The van der Waals surface area contributed by atoms with Crippen LogP contribution in [0.2, 0.25) is 0 Å². The number of nitrogens with two attached hydrogens (primary N) is 1. The van der Waals surface area contributed by atoms with E-state index in [-0.39, 0.29) is 0 Å². The average Bonchev–Trinajstić information content (AvgIpc) is 2.71. The van der Waals surface area contributed by atoms with Crippen molar-refractivity contribution < 1.29 is 0 Å². The van der Waals surface area contributed by atoms with Crippen molar-refractivity contribution in [3.05, 3.63) is 23.8 Å². The Kier molecular flexibility index (Phi) is 3.09. The van der Waals surface area contributed by atoms with Gasteiger partial charge in [0, 0.05) is 24.7 Å². The quantitative estimate of drug-likeness (QED) is 0.790. The van der Waals surface area contributed by atoms with Crippen LogP contribution in [0.25, 0.3) is 0 Å². The third kappa shape index (κ3) is 2.10. The molecule has 0 aromatic carbocycles. The second-order valence-electron chi connectivity index (χ2n) is 3.96. The SMILES string of the molecule is NCCc1cncc(C2CCCC2)n1. The predicted molar refractivity (Wildman–Crippen MR) is 56.0 cm³/mol. The summed E-state index contributed by atoms with van der Waals surface area (Å²) in [6, 6.07) is 0. The second kappa shape index (κ2) is 4.51. The topological polar surface area (TPSA) is 51.8 Å². The zero-order valence-electron chi connectivity index (χ0n) is 8.45. The van der Waals surface area contributed by atoms with Gasteiger partial charge in [0.25, 0.3) is 0 Å². The molecule has 0 bridgehead atoms. The lowest BCUT2D eigenvalue weighted by Crippen LogP contribution is -2.07. The third-order valence-electron chi connectivity index (χ3n) is 2.88. The highest BCUT2D eigenvalue weighted by Gasteiger charge is 2.18. The normalized spacial score (nSPS) is 17.5. The largest absolute Gasteiger partial charge is 0.330 e. The van der Waals surface area contributed by atoms with E-state index in [0.717, 1.165) is 12.1 Å². The van der Waals surface area contributed by atoms with Crippen molar-refractivity contribution in [2.24, 2.45) is 5.73 Å². The minimum absolute atomic E-state index is 0.653. The van der Waals surface area contributed by atoms with Crippen LogP contribution in [0, 0.1) is 0 Å². The van der Waals surface area contributed by atoms with E-state index in [2.05, 4.69) is 9.97 Å². The molecule has 1 aromatic heterocycles. The molecular formula is C11H17N3. The first kappa shape index (κ1) is 9.59. The first-order chi connectivity index (χ1) is 6.90. The summed E-state index contributed by atoms with van der Waals surface area (Å²) in [5.74, 6) is 0.653. The Morgan fingerprint density at radius 2 is 2.07 bits per heavy atom. The Labute approximate surface area is 84.8 Å². The Hall–Kier alpha value is -0.960. The second-order valence-corrected chi connectivity index (χ2v) is 3.96. The van der Waals surface area contributed by atoms with E-state index < -0.39 is 0 Å². The molecule has 1 aromatic rings. The van der Waals surface area contributed by atoms with Crippen LogP contribution in [0.4, 0.5) is 0 Å². The van der Waals surface area contributed by atoms with Gasteiger partial charge in [-0.2, -0.15) is 0 Å². The van der Waals surface area contributed by atoms with Gasteiger partial charge in [-0.1, -0.05) is 12.8 Å². The maximum absolute atomic E-state index is 5.50. The van der Waals surface area contributed by atoms with Gasteiger partial charge in [-0.05, 0) is 19.4 Å². The average molecular weight is 191 g/mol. The number of hydrogen-bond acceptors (Lipinski definition) is 3. The molecule has 1 saturated carbocycles. The van der Waals surface area contributed by atoms with Gasteiger partial charge in [0.2, 0.25) is 0 Å². The molecule has 0 amide bonds. The zero-order chi connectivity index (χ0) is 9.80. The van der Waals surface area contributed by atoms with E-state index in [9.17, 15) is 0 Å². The molecule has 1 aliphatic rings. The van der Waals surface area contributed by atoms with Crippen molar-refractivity contribution in [2.45, 2.75) is 38.0 Å². The van der Waals surface area contributed by atoms with Gasteiger partial charge >= 0.3 is 0 Å². The maximum atomic E-state index is 5.50. The monoisotopic (exact) mass is 191 g/mol. The van der Waals surface area contributed by atoms with E-state index in [4.69, 9.17) is 5.73 Å². The number of nitrogens with zero attached hydrogens (tertiary/aromatic N) is 2. The van der Waals surface area contributed by atoms with Gasteiger partial charge in [-0.15, -0.1) is 0 Å². The molecule has 2 rings (SSSR count). The molecule has 0 radical (unpaired) electrons. The minimum atomic E-state index is 0.653. The van der Waals surface area contributed by atoms with Crippen LogP contribution in [-0.2, 0) is 6.42 Å². The zero-order valence-corrected chi connectivity index (χ0v) is 8.45. The Bertz CT molecular complexity index is 292. The Balaban J connectivity index is 2.12. The number of aromatic nitrogens is 2. The third-order valence-corrected chi connectivity index (χ3v) is 2.88. The molecule has 0 saturated heterocycles. The minimum Gasteiger partial charge on any atom is -0.330 e. The van der Waals surface area contributed by atoms with Crippen molar-refractivity contribution in [2.75, 3.05) is 6.54 Å². The molecule has 0 spiro atoms. The Morgan fingerprint density at radius 3 is 2.79 bits per heavy atom. The lowest BCUT2D eigenvalue weighted by Gasteiger charge is -2.08. The molecule has 76 valence electrons. The van der Waals surface area contributed by atoms with Gasteiger partial charge in [-0.3, -0.25) is 9.97 Å². The molecule has 0 atom stereocenters. The van der Waals surface area contributed by atoms with Crippen molar-refractivity contribution >= 4 is 0 Å². The summed E-state index contributed by atoms with van der Waals surface area (Å²) in [6.07, 6.45) is 9.82. The number of hydrogen-bond donors (Lipinski definition) is 1. The van der Waals surface area contributed by atoms with Crippen LogP contribution in [-0.4, -0.2) is 16.5 Å². The van der Waals surface area contributed by atoms with Crippen LogP contribution in [0.1, 0.15) is 43.0 Å². The van der Waals surface area contributed by atoms with Gasteiger partial charge < -0.3 is 5.73 Å². The molecule has 14 heavy (non-hydrogen) atoms. The highest BCUT2D eigenvalue weighted by Crippen LogP contribution is 2.32. The fourth-order valence-corrected chi connectivity index (χ4v) is 2.11. The molecule has 3 nitrogen and oxygen atoms in total. The molecule has 3 heteroatoms. The molecular weight excluding hydrogens is 174 g/mol. The summed E-state index contributed by atoms with van der Waals surface area (Å²) in [7, 11) is 0. The molecule has 0 aliphatic heterocycles. The van der Waals surface area contributed by atoms with Gasteiger partial charge in [0.05, 0.1) is 11.4 Å². The summed E-state index contributed by atoms with van der Waals surface area (Å²) in [6.45, 7) is 0.656. The fraction of sp³-hybridized carbons (Fsp3) is 0.636. The maximum Gasteiger partial charge on any atom is 0.0620 e. The van der Waals surface area contributed by atoms with E-state index in [1.807, 2.05) is 12.4 Å². The molecule has 1 heterocycles. The van der Waals surface area contributed by atoms with Crippen molar-refractivity contribution in [3.8, 4) is 0 Å². The lowest BCUT2D eigenvalue weighted by atomic mass is 10.0. The van der Waals surface area contributed by atoms with Crippen LogP contribution in [0.5, 0.6) is 0 Å². The van der Waals surface area contributed by atoms with Gasteiger partial charge in [0.15, 0.2) is 0 Å². The molecule has 1 fully saturated rings. The van der Waals surface area contributed by atoms with E-state index >= 15 is 0 Å². The summed E-state index contributed by atoms with van der Waals surface area (Å²) in [4.78, 5) is 8.83. The summed E-state index contributed by atoms with van der Waals surface area (Å²) in [5, 5.41) is 0. The Morgan fingerprint density at radius 1 is 1.29 bits per heavy atom. The standard InChI is InChI=1S/C11H17N3/c12-6-5-10-7-13-8-11(14-10)9-3-1-2-4-9/h7-9H,1-6,12H2. The summed E-state index contributed by atoms with van der Waals surface area (Å²) in [5.41, 5.74) is 7.71. The van der Waals surface area contributed by atoms with Crippen molar-refractivity contribution in [3.63, 3.8) is 0 Å². The van der Waals surface area contributed by atoms with Crippen LogP contribution >= 0.6 is 0 Å². The van der Waals surface area contributed by atoms with Crippen LogP contribution in [0.15, 0.2) is 12.4 Å². The van der Waals surface area contributed by atoms with Crippen molar-refractivity contribution in [1.29, 1.82) is 0 Å². The number of rotatable bonds is 3. The highest BCUT2D eigenvalue weighted by atomic mass is 14.8. The predicted octanol–water partition coefficient (Wildman–Crippen LogP) is 1.64. The van der Waals surface area contributed by atoms with Crippen LogP contribution < -0.4 is 5.73 Å². The van der Waals surface area contributed by atoms with Crippen molar-refractivity contribution in [1.82, 2.24) is 9.97 Å². The lowest BCUT2D eigenvalue weighted by molar-refractivity contribution is 0.683. The van der Waals surface area contributed by atoms with Gasteiger partial charge in [0.1, 0.15) is 0 Å². The first-order valence-corrected chi connectivity index (χ1v) is 5.41. The molecule has 1 aliphatic carbocycles. The summed E-state index contributed by atoms with van der Waals surface area (Å²) >= 11 is 0. The van der Waals surface area contributed by atoms with E-state index in [1.54, 1.807) is 0 Å². The smallest absolute Gasteiger partial charge is 0.0620 e.